The first kappa shape index (κ1) is 51.9. The minimum atomic E-state index is -0.171. The highest BCUT2D eigenvalue weighted by Crippen LogP contribution is 2.41. The summed E-state index contributed by atoms with van der Waals surface area (Å²) in [5, 5.41) is 0. The molecule has 66 heavy (non-hydrogen) atoms. The Hall–Kier alpha value is -5.08. The number of amides is 4. The maximum atomic E-state index is 13.5. The van der Waals surface area contributed by atoms with Crippen LogP contribution < -0.4 is 18.9 Å². The van der Waals surface area contributed by atoms with Gasteiger partial charge in [-0.05, 0) is 102 Å². The second-order valence-electron chi connectivity index (χ2n) is 16.0. The molecular formula is C52H66Br2N4O8. The number of hydrogen-bond donors (Lipinski definition) is 0. The van der Waals surface area contributed by atoms with E-state index in [0.29, 0.717) is 101 Å². The molecule has 0 radical (unpaired) electrons. The van der Waals surface area contributed by atoms with Crippen molar-refractivity contribution in [1.82, 2.24) is 19.6 Å². The minimum absolute atomic E-state index is 0.131. The summed E-state index contributed by atoms with van der Waals surface area (Å²) in [6.07, 6.45) is 1.32. The number of benzene rings is 4. The molecule has 8 bridgehead atoms. The smallest absolute Gasteiger partial charge is 0.260 e. The second-order valence-corrected chi connectivity index (χ2v) is 17.9. The number of fused-ring (bicyclic) bond motifs is 8. The molecule has 0 unspecified atom stereocenters. The van der Waals surface area contributed by atoms with Crippen LogP contribution in [0.3, 0.4) is 0 Å². The highest BCUT2D eigenvalue weighted by Gasteiger charge is 2.26. The first-order valence-electron chi connectivity index (χ1n) is 23.3. The highest BCUT2D eigenvalue weighted by molar-refractivity contribution is 9.10. The van der Waals surface area contributed by atoms with E-state index in [-0.39, 0.29) is 50.1 Å². The van der Waals surface area contributed by atoms with Crippen molar-refractivity contribution in [2.45, 2.75) is 81.1 Å². The summed E-state index contributed by atoms with van der Waals surface area (Å²) in [7, 11) is 0. The first-order valence-corrected chi connectivity index (χ1v) is 24.9. The molecule has 0 saturated carbocycles. The largest absolute Gasteiger partial charge is 0.483 e. The summed E-state index contributed by atoms with van der Waals surface area (Å²) in [5.41, 5.74) is 6.45. The van der Waals surface area contributed by atoms with E-state index in [1.165, 1.54) is 0 Å². The molecule has 356 valence electrons. The Labute approximate surface area is 408 Å². The zero-order valence-corrected chi connectivity index (χ0v) is 43.1. The molecule has 0 N–H and O–H groups in total. The molecule has 1 aliphatic carbocycles. The Kier molecular flexibility index (Phi) is 19.8. The standard InChI is InChI=1S/C52H66Br2N4O8/c1-9-55(10-2)45(59)31-63-49-35-19-17-20-36(49)24-40-28-44(54)30-42(52(40)66-34-48(62)58(15-7)16-8)26-38-22-18-21-37(50(38)64-32-46(60)56(11-3)12-4)25-41-29-43(53)27-39(23-35)51(41)65-33-47(61)57(13-5)14-6/h17-22,27-30H,9-16,23-26,31-34H2,1-8H3. The summed E-state index contributed by atoms with van der Waals surface area (Å²) in [6.45, 7) is 19.3. The van der Waals surface area contributed by atoms with Crippen molar-refractivity contribution >= 4 is 55.5 Å². The summed E-state index contributed by atoms with van der Waals surface area (Å²) in [4.78, 5) is 61.1. The third-order valence-electron chi connectivity index (χ3n) is 12.1. The van der Waals surface area contributed by atoms with Gasteiger partial charge in [0, 0.05) is 109 Å². The lowest BCUT2D eigenvalue weighted by molar-refractivity contribution is -0.133. The molecule has 0 atom stereocenters. The van der Waals surface area contributed by atoms with Gasteiger partial charge in [0.2, 0.25) is 0 Å². The number of likely N-dealkylation sites (N-methyl/N-ethyl adjacent to an activating group) is 4. The minimum Gasteiger partial charge on any atom is -0.483 e. The number of carbonyl (C=O) groups excluding carboxylic acids is 4. The molecule has 5 rings (SSSR count). The van der Waals surface area contributed by atoms with Gasteiger partial charge in [-0.2, -0.15) is 0 Å². The van der Waals surface area contributed by atoms with Gasteiger partial charge in [0.05, 0.1) is 0 Å². The third-order valence-corrected chi connectivity index (χ3v) is 13.0. The number of hydrogen-bond acceptors (Lipinski definition) is 8. The van der Waals surface area contributed by atoms with Crippen LogP contribution in [0.2, 0.25) is 0 Å². The molecule has 4 aromatic rings. The lowest BCUT2D eigenvalue weighted by atomic mass is 9.91. The summed E-state index contributed by atoms with van der Waals surface area (Å²) in [6, 6.07) is 19.9. The number of carbonyl (C=O) groups is 4. The van der Waals surface area contributed by atoms with E-state index >= 15 is 0 Å². The Balaban J connectivity index is 1.79. The Morgan fingerprint density at radius 2 is 0.576 bits per heavy atom. The number of halogens is 2. The molecule has 12 nitrogen and oxygen atoms in total. The zero-order chi connectivity index (χ0) is 47.9. The molecule has 0 aromatic heterocycles. The number of nitrogens with zero attached hydrogens (tertiary/aromatic N) is 4. The maximum Gasteiger partial charge on any atom is 0.260 e. The monoisotopic (exact) mass is 1030 g/mol. The Morgan fingerprint density at radius 1 is 0.379 bits per heavy atom. The molecule has 0 fully saturated rings. The van der Waals surface area contributed by atoms with Crippen LogP contribution in [0.25, 0.3) is 0 Å². The summed E-state index contributed by atoms with van der Waals surface area (Å²) >= 11 is 7.61. The van der Waals surface area contributed by atoms with Crippen LogP contribution >= 0.6 is 31.9 Å². The van der Waals surface area contributed by atoms with E-state index in [1.54, 1.807) is 19.6 Å². The van der Waals surface area contributed by atoms with Gasteiger partial charge in [-0.15, -0.1) is 0 Å². The van der Waals surface area contributed by atoms with E-state index in [9.17, 15) is 19.2 Å². The van der Waals surface area contributed by atoms with Crippen LogP contribution in [0.4, 0.5) is 0 Å². The molecule has 1 aliphatic rings. The molecule has 14 heteroatoms. The van der Waals surface area contributed by atoms with E-state index in [0.717, 1.165) is 53.5 Å². The fourth-order valence-electron chi connectivity index (χ4n) is 8.55. The van der Waals surface area contributed by atoms with E-state index < -0.39 is 0 Å². The highest BCUT2D eigenvalue weighted by atomic mass is 79.9. The molecule has 4 aromatic carbocycles. The van der Waals surface area contributed by atoms with Crippen molar-refractivity contribution < 1.29 is 38.1 Å². The van der Waals surface area contributed by atoms with Gasteiger partial charge >= 0.3 is 0 Å². The average Bonchev–Trinajstić information content (AvgIpc) is 3.29. The Bertz CT molecular complexity index is 2070. The van der Waals surface area contributed by atoms with Crippen molar-refractivity contribution in [3.8, 4) is 23.0 Å². The number of ether oxygens (including phenoxy) is 4. The van der Waals surface area contributed by atoms with Gasteiger partial charge in [0.25, 0.3) is 23.6 Å². The van der Waals surface area contributed by atoms with E-state index in [2.05, 4.69) is 31.9 Å². The molecule has 0 aliphatic heterocycles. The lowest BCUT2D eigenvalue weighted by Crippen LogP contribution is -2.35. The van der Waals surface area contributed by atoms with Crippen LogP contribution in [-0.2, 0) is 44.9 Å². The van der Waals surface area contributed by atoms with Crippen molar-refractivity contribution in [3.05, 3.63) is 114 Å². The van der Waals surface area contributed by atoms with E-state index in [1.807, 2.05) is 116 Å². The van der Waals surface area contributed by atoms with Crippen molar-refractivity contribution in [1.29, 1.82) is 0 Å². The maximum absolute atomic E-state index is 13.5. The summed E-state index contributed by atoms with van der Waals surface area (Å²) < 4.78 is 28.1. The first-order chi connectivity index (χ1) is 31.8. The molecule has 4 amide bonds. The lowest BCUT2D eigenvalue weighted by Gasteiger charge is -2.25. The third kappa shape index (κ3) is 13.1. The van der Waals surface area contributed by atoms with Gasteiger partial charge in [-0.1, -0.05) is 68.3 Å². The average molecular weight is 1030 g/mol. The normalized spacial score (nSPS) is 11.9. The van der Waals surface area contributed by atoms with E-state index in [4.69, 9.17) is 18.9 Å². The SMILES string of the molecule is CCN(CC)C(=O)COc1c2cccc1Cc1cc(Br)cc(c1OCC(=O)N(CC)CC)Cc1cccc(c1OCC(=O)N(CC)CC)Cc1cc(Br)cc(c1OCC(=O)N(CC)CC)C2. The fourth-order valence-corrected chi connectivity index (χ4v) is 9.66. The quantitative estimate of drug-likeness (QED) is 0.0760. The number of rotatable bonds is 20. The topological polar surface area (TPSA) is 118 Å². The predicted molar refractivity (Wildman–Crippen MR) is 266 cm³/mol. The van der Waals surface area contributed by atoms with Crippen LogP contribution in [0.5, 0.6) is 23.0 Å². The van der Waals surface area contributed by atoms with Crippen LogP contribution in [-0.4, -0.2) is 122 Å². The van der Waals surface area contributed by atoms with Crippen LogP contribution in [0, 0.1) is 0 Å². The van der Waals surface area contributed by atoms with Crippen LogP contribution in [0.15, 0.2) is 69.6 Å². The fraction of sp³-hybridized carbons (Fsp3) is 0.462. The van der Waals surface area contributed by atoms with Crippen LogP contribution in [0.1, 0.15) is 99.9 Å². The van der Waals surface area contributed by atoms with Crippen molar-refractivity contribution in [2.75, 3.05) is 78.8 Å². The molecular weight excluding hydrogens is 968 g/mol. The van der Waals surface area contributed by atoms with Crippen molar-refractivity contribution in [3.63, 3.8) is 0 Å². The molecule has 0 saturated heterocycles. The second kappa shape index (κ2) is 25.2. The van der Waals surface area contributed by atoms with Gasteiger partial charge in [-0.25, -0.2) is 0 Å². The van der Waals surface area contributed by atoms with Gasteiger partial charge < -0.3 is 38.5 Å². The van der Waals surface area contributed by atoms with Gasteiger partial charge in [0.15, 0.2) is 26.4 Å². The molecule has 0 heterocycles. The van der Waals surface area contributed by atoms with Crippen molar-refractivity contribution in [2.24, 2.45) is 0 Å². The van der Waals surface area contributed by atoms with Gasteiger partial charge in [-0.3, -0.25) is 19.2 Å². The Morgan fingerprint density at radius 3 is 0.773 bits per heavy atom. The molecule has 0 spiro atoms. The predicted octanol–water partition coefficient (Wildman–Crippen LogP) is 8.88. The summed E-state index contributed by atoms with van der Waals surface area (Å²) in [5.74, 6) is 1.70. The number of para-hydroxylation sites is 2. The zero-order valence-electron chi connectivity index (χ0n) is 39.9. The van der Waals surface area contributed by atoms with Gasteiger partial charge in [0.1, 0.15) is 23.0 Å².